The molecule has 10 heteroatoms. The predicted octanol–water partition coefficient (Wildman–Crippen LogP) is 1.66. The third kappa shape index (κ3) is 3.22. The van der Waals surface area contributed by atoms with E-state index in [0.29, 0.717) is 16.0 Å². The molecular weight excluding hydrogens is 416 g/mol. The van der Waals surface area contributed by atoms with Crippen LogP contribution in [0, 0.1) is 0 Å². The van der Waals surface area contributed by atoms with Gasteiger partial charge in [-0.15, -0.1) is 10.2 Å². The largest absolute Gasteiger partial charge is 0.323 e. The van der Waals surface area contributed by atoms with Crippen molar-refractivity contribution in [2.45, 2.75) is 0 Å². The summed E-state index contributed by atoms with van der Waals surface area (Å²) in [6.07, 6.45) is 4.47. The molecule has 1 aromatic carbocycles. The monoisotopic (exact) mass is 426 g/mol. The molecule has 0 radical (unpaired) electrons. The molecule has 1 aliphatic heterocycles. The summed E-state index contributed by atoms with van der Waals surface area (Å²) in [6, 6.07) is 8.14. The molecule has 3 heterocycles. The fraction of sp³-hybridized carbons (Fsp3) is 0.0588. The third-order valence-corrected chi connectivity index (χ3v) is 4.44. The highest BCUT2D eigenvalue weighted by Crippen LogP contribution is 2.25. The van der Waals surface area contributed by atoms with Crippen molar-refractivity contribution in [3.05, 3.63) is 64.8 Å². The highest BCUT2D eigenvalue weighted by Gasteiger charge is 2.36. The van der Waals surface area contributed by atoms with Crippen molar-refractivity contribution in [3.8, 4) is 5.82 Å². The molecule has 1 aliphatic rings. The number of nitrogens with one attached hydrogen (secondary N) is 1. The number of nitrogens with zero attached hydrogens (tertiary/aromatic N) is 5. The summed E-state index contributed by atoms with van der Waals surface area (Å²) in [5.74, 6) is -0.891. The lowest BCUT2D eigenvalue weighted by Gasteiger charge is -2.13. The smallest absolute Gasteiger partial charge is 0.262 e. The van der Waals surface area contributed by atoms with Crippen LogP contribution in [0.2, 0.25) is 0 Å². The number of hydrogen-bond donors (Lipinski definition) is 1. The Kier molecular flexibility index (Phi) is 4.24. The van der Waals surface area contributed by atoms with Crippen molar-refractivity contribution >= 4 is 39.3 Å². The lowest BCUT2D eigenvalue weighted by atomic mass is 10.1. The topological polar surface area (TPSA) is 110 Å². The van der Waals surface area contributed by atoms with Gasteiger partial charge < -0.3 is 5.32 Å². The summed E-state index contributed by atoms with van der Waals surface area (Å²) in [5, 5.41) is 10.0. The Labute approximate surface area is 161 Å². The number of carbonyl (C=O) groups excluding carboxylic acids is 3. The van der Waals surface area contributed by atoms with Crippen LogP contribution in [0.3, 0.4) is 0 Å². The first-order valence-electron chi connectivity index (χ1n) is 7.79. The van der Waals surface area contributed by atoms with Gasteiger partial charge in [0.25, 0.3) is 11.8 Å². The van der Waals surface area contributed by atoms with E-state index in [2.05, 4.69) is 36.4 Å². The Morgan fingerprint density at radius 1 is 1.04 bits per heavy atom. The first kappa shape index (κ1) is 17.0. The number of halogens is 1. The Balaban J connectivity index is 1.44. The maximum absolute atomic E-state index is 12.4. The summed E-state index contributed by atoms with van der Waals surface area (Å²) in [6.45, 7) is -0.378. The summed E-state index contributed by atoms with van der Waals surface area (Å²) in [4.78, 5) is 42.2. The molecule has 0 bridgehead atoms. The first-order valence-corrected chi connectivity index (χ1v) is 8.59. The lowest BCUT2D eigenvalue weighted by Crippen LogP contribution is -2.37. The van der Waals surface area contributed by atoms with E-state index in [1.807, 2.05) is 0 Å². The lowest BCUT2D eigenvalue weighted by molar-refractivity contribution is -0.116. The second-order valence-electron chi connectivity index (χ2n) is 5.71. The minimum absolute atomic E-state index is 0.280. The van der Waals surface area contributed by atoms with Crippen molar-refractivity contribution in [2.24, 2.45) is 0 Å². The molecule has 134 valence electrons. The quantitative estimate of drug-likeness (QED) is 0.635. The standard InChI is InChI=1S/C17H11BrN6O3/c18-10-1-3-12-13(5-10)17(27)24(16(12)26)7-15(25)22-11-2-4-14(19-6-11)23-8-20-21-9-23/h1-6,8-9H,7H2,(H,22,25). The van der Waals surface area contributed by atoms with Crippen LogP contribution < -0.4 is 5.32 Å². The van der Waals surface area contributed by atoms with Crippen LogP contribution in [0.1, 0.15) is 20.7 Å². The number of rotatable bonds is 4. The SMILES string of the molecule is O=C(CN1C(=O)c2ccc(Br)cc2C1=O)Nc1ccc(-n2cnnc2)nc1. The number of aromatic nitrogens is 4. The molecule has 2 aromatic heterocycles. The molecule has 0 saturated carbocycles. The number of pyridine rings is 1. The molecule has 0 fully saturated rings. The van der Waals surface area contributed by atoms with E-state index in [4.69, 9.17) is 0 Å². The molecule has 0 atom stereocenters. The summed E-state index contributed by atoms with van der Waals surface area (Å²) < 4.78 is 2.30. The summed E-state index contributed by atoms with van der Waals surface area (Å²) in [7, 11) is 0. The number of anilines is 1. The average molecular weight is 427 g/mol. The third-order valence-electron chi connectivity index (χ3n) is 3.95. The number of amides is 3. The van der Waals surface area contributed by atoms with Crippen molar-refractivity contribution in [3.63, 3.8) is 0 Å². The van der Waals surface area contributed by atoms with Gasteiger partial charge in [-0.05, 0) is 30.3 Å². The molecule has 0 aliphatic carbocycles. The minimum atomic E-state index is -0.498. The van der Waals surface area contributed by atoms with E-state index in [-0.39, 0.29) is 17.7 Å². The van der Waals surface area contributed by atoms with E-state index in [1.54, 1.807) is 34.9 Å². The normalized spacial score (nSPS) is 13.0. The molecule has 27 heavy (non-hydrogen) atoms. The van der Waals surface area contributed by atoms with E-state index in [1.165, 1.54) is 18.9 Å². The zero-order chi connectivity index (χ0) is 19.0. The van der Waals surface area contributed by atoms with Crippen molar-refractivity contribution in [1.82, 2.24) is 24.6 Å². The van der Waals surface area contributed by atoms with Crippen molar-refractivity contribution in [2.75, 3.05) is 11.9 Å². The fourth-order valence-corrected chi connectivity index (χ4v) is 3.04. The highest BCUT2D eigenvalue weighted by atomic mass is 79.9. The van der Waals surface area contributed by atoms with E-state index >= 15 is 0 Å². The Hall–Kier alpha value is -3.40. The Bertz CT molecular complexity index is 1050. The van der Waals surface area contributed by atoms with E-state index in [9.17, 15) is 14.4 Å². The molecule has 4 rings (SSSR count). The van der Waals surface area contributed by atoms with Crippen LogP contribution in [0.15, 0.2) is 53.7 Å². The van der Waals surface area contributed by atoms with Gasteiger partial charge in [-0.1, -0.05) is 15.9 Å². The molecule has 0 unspecified atom stereocenters. The number of fused-ring (bicyclic) bond motifs is 1. The van der Waals surface area contributed by atoms with Crippen LogP contribution in [-0.4, -0.2) is 48.9 Å². The van der Waals surface area contributed by atoms with Gasteiger partial charge in [0.05, 0.1) is 23.0 Å². The van der Waals surface area contributed by atoms with E-state index < -0.39 is 17.7 Å². The zero-order valence-electron chi connectivity index (χ0n) is 13.7. The maximum Gasteiger partial charge on any atom is 0.262 e. The maximum atomic E-state index is 12.4. The Morgan fingerprint density at radius 2 is 1.78 bits per heavy atom. The van der Waals surface area contributed by atoms with Crippen molar-refractivity contribution < 1.29 is 14.4 Å². The van der Waals surface area contributed by atoms with Gasteiger partial charge in [-0.25, -0.2) is 4.98 Å². The van der Waals surface area contributed by atoms with Crippen LogP contribution in [-0.2, 0) is 4.79 Å². The fourth-order valence-electron chi connectivity index (χ4n) is 2.68. The molecule has 3 aromatic rings. The highest BCUT2D eigenvalue weighted by molar-refractivity contribution is 9.10. The van der Waals surface area contributed by atoms with Crippen LogP contribution in [0.4, 0.5) is 5.69 Å². The molecular formula is C17H11BrN6O3. The summed E-state index contributed by atoms with van der Waals surface area (Å²) in [5.41, 5.74) is 1.01. The van der Waals surface area contributed by atoms with Gasteiger partial charge in [0.1, 0.15) is 25.0 Å². The van der Waals surface area contributed by atoms with Crippen molar-refractivity contribution in [1.29, 1.82) is 0 Å². The van der Waals surface area contributed by atoms with Gasteiger partial charge in [0.15, 0.2) is 0 Å². The first-order chi connectivity index (χ1) is 13.0. The molecule has 0 saturated heterocycles. The second kappa shape index (κ2) is 6.72. The molecule has 1 N–H and O–H groups in total. The average Bonchev–Trinajstić information content (AvgIpc) is 3.26. The summed E-state index contributed by atoms with van der Waals surface area (Å²) >= 11 is 3.27. The van der Waals surface area contributed by atoms with E-state index in [0.717, 1.165) is 4.90 Å². The number of hydrogen-bond acceptors (Lipinski definition) is 6. The second-order valence-corrected chi connectivity index (χ2v) is 6.62. The van der Waals surface area contributed by atoms with Crippen LogP contribution in [0.25, 0.3) is 5.82 Å². The van der Waals surface area contributed by atoms with Gasteiger partial charge in [-0.3, -0.25) is 23.9 Å². The minimum Gasteiger partial charge on any atom is -0.323 e. The zero-order valence-corrected chi connectivity index (χ0v) is 15.3. The van der Waals surface area contributed by atoms with Crippen LogP contribution >= 0.6 is 15.9 Å². The molecule has 3 amide bonds. The molecule has 9 nitrogen and oxygen atoms in total. The number of carbonyl (C=O) groups is 3. The number of imide groups is 1. The van der Waals surface area contributed by atoms with Gasteiger partial charge in [0.2, 0.25) is 5.91 Å². The number of benzene rings is 1. The van der Waals surface area contributed by atoms with Crippen LogP contribution in [0.5, 0.6) is 0 Å². The predicted molar refractivity (Wildman–Crippen MR) is 97.3 cm³/mol. The van der Waals surface area contributed by atoms with Gasteiger partial charge in [-0.2, -0.15) is 0 Å². The van der Waals surface area contributed by atoms with Gasteiger partial charge >= 0.3 is 0 Å². The molecule has 0 spiro atoms. The van der Waals surface area contributed by atoms with Gasteiger partial charge in [0, 0.05) is 4.47 Å². The Morgan fingerprint density at radius 3 is 2.48 bits per heavy atom.